The minimum absolute atomic E-state index is 0. The van der Waals surface area contributed by atoms with Crippen LogP contribution >= 0.6 is 0 Å². The molecule has 1 N–H and O–H groups in total. The van der Waals surface area contributed by atoms with Gasteiger partial charge in [-0.15, -0.1) is 0 Å². The molecule has 2 aliphatic rings. The van der Waals surface area contributed by atoms with Gasteiger partial charge in [0.25, 0.3) is 0 Å². The molecule has 2 heteroatoms. The molecule has 0 aromatic heterocycles. The fraction of sp³-hybridized carbons (Fsp3) is 0.900. The first-order chi connectivity index (χ1) is 4.98. The van der Waals surface area contributed by atoms with Crippen molar-refractivity contribution in [3.8, 4) is 0 Å². The predicted molar refractivity (Wildman–Crippen MR) is 44.9 cm³/mol. The normalized spacial score (nSPS) is 49.0. The Morgan fingerprint density at radius 1 is 1.33 bits per heavy atom. The SMILES string of the molecule is CC1(C)[C@H]2[CH-][C@H](O)[C@@]1(C)CC2.[Au+]. The Bertz CT molecular complexity index is 190. The number of hydrogen-bond acceptors (Lipinski definition) is 1. The van der Waals surface area contributed by atoms with Gasteiger partial charge in [-0.2, -0.15) is 5.92 Å². The molecule has 0 heterocycles. The number of rotatable bonds is 0. The van der Waals surface area contributed by atoms with Crippen molar-refractivity contribution in [2.75, 3.05) is 0 Å². The van der Waals surface area contributed by atoms with E-state index in [1.807, 2.05) is 0 Å². The molecule has 0 amide bonds. The third-order valence-corrected chi connectivity index (χ3v) is 4.44. The van der Waals surface area contributed by atoms with Crippen molar-refractivity contribution < 1.29 is 27.5 Å². The minimum atomic E-state index is -0.156. The van der Waals surface area contributed by atoms with Gasteiger partial charge in [-0.3, -0.25) is 6.42 Å². The van der Waals surface area contributed by atoms with Crippen LogP contribution in [0.4, 0.5) is 0 Å². The van der Waals surface area contributed by atoms with E-state index in [-0.39, 0.29) is 33.9 Å². The molecular formula is C10H17AuO. The van der Waals surface area contributed by atoms with Crippen LogP contribution in [-0.2, 0) is 22.4 Å². The van der Waals surface area contributed by atoms with E-state index >= 15 is 0 Å². The maximum Gasteiger partial charge on any atom is 1.00 e. The minimum Gasteiger partial charge on any atom is -0.424 e. The Morgan fingerprint density at radius 3 is 2.08 bits per heavy atom. The maximum absolute atomic E-state index is 9.76. The van der Waals surface area contributed by atoms with Crippen LogP contribution < -0.4 is 0 Å². The average Bonchev–Trinajstić information content (AvgIpc) is 2.20. The molecule has 0 aromatic rings. The van der Waals surface area contributed by atoms with E-state index in [9.17, 15) is 5.11 Å². The zero-order chi connectivity index (χ0) is 8.28. The number of hydrogen-bond donors (Lipinski definition) is 1. The zero-order valence-corrected chi connectivity index (χ0v) is 10.1. The van der Waals surface area contributed by atoms with Crippen LogP contribution in [0.5, 0.6) is 0 Å². The van der Waals surface area contributed by atoms with Crippen LogP contribution in [0.3, 0.4) is 0 Å². The van der Waals surface area contributed by atoms with E-state index in [0.717, 1.165) is 0 Å². The van der Waals surface area contributed by atoms with Crippen molar-refractivity contribution in [3.63, 3.8) is 0 Å². The second-order valence-electron chi connectivity index (χ2n) is 4.92. The molecular weight excluding hydrogens is 333 g/mol. The summed E-state index contributed by atoms with van der Waals surface area (Å²) in [6.45, 7) is 6.80. The Balaban J connectivity index is 0.000000720. The summed E-state index contributed by atoms with van der Waals surface area (Å²) < 4.78 is 0. The second-order valence-corrected chi connectivity index (χ2v) is 4.92. The maximum atomic E-state index is 9.76. The molecule has 3 atom stereocenters. The van der Waals surface area contributed by atoms with Gasteiger partial charge in [0.05, 0.1) is 0 Å². The first-order valence-electron chi connectivity index (χ1n) is 4.51. The largest absolute Gasteiger partial charge is 1.00 e. The van der Waals surface area contributed by atoms with Gasteiger partial charge >= 0.3 is 22.4 Å². The van der Waals surface area contributed by atoms with Gasteiger partial charge in [-0.1, -0.05) is 38.7 Å². The monoisotopic (exact) mass is 350 g/mol. The molecule has 2 rings (SSSR count). The van der Waals surface area contributed by atoms with Crippen LogP contribution in [-0.4, -0.2) is 11.2 Å². The Labute approximate surface area is 90.4 Å². The van der Waals surface area contributed by atoms with Crippen molar-refractivity contribution in [1.29, 1.82) is 0 Å². The van der Waals surface area contributed by atoms with Gasteiger partial charge in [0.1, 0.15) is 0 Å². The Morgan fingerprint density at radius 2 is 1.92 bits per heavy atom. The number of aliphatic hydroxyl groups excluding tert-OH is 1. The molecule has 0 aromatic carbocycles. The van der Waals surface area contributed by atoms with Crippen LogP contribution in [0.25, 0.3) is 0 Å². The summed E-state index contributed by atoms with van der Waals surface area (Å²) in [5.74, 6) is 0.655. The van der Waals surface area contributed by atoms with E-state index in [1.165, 1.54) is 12.8 Å². The van der Waals surface area contributed by atoms with E-state index < -0.39 is 0 Å². The molecule has 12 heavy (non-hydrogen) atoms. The molecule has 0 spiro atoms. The molecule has 2 bridgehead atoms. The average molecular weight is 350 g/mol. The summed E-state index contributed by atoms with van der Waals surface area (Å²) in [4.78, 5) is 0. The van der Waals surface area contributed by atoms with Gasteiger partial charge in [0.2, 0.25) is 0 Å². The molecule has 0 saturated heterocycles. The molecule has 74 valence electrons. The summed E-state index contributed by atoms with van der Waals surface area (Å²) in [7, 11) is 0. The van der Waals surface area contributed by atoms with Gasteiger partial charge < -0.3 is 5.11 Å². The second kappa shape index (κ2) is 2.84. The van der Waals surface area contributed by atoms with Crippen molar-refractivity contribution in [2.24, 2.45) is 16.7 Å². The topological polar surface area (TPSA) is 20.2 Å². The predicted octanol–water partition coefficient (Wildman–Crippen LogP) is 2.01. The molecule has 2 fully saturated rings. The summed E-state index contributed by atoms with van der Waals surface area (Å²) in [6, 6.07) is 0. The molecule has 0 aliphatic heterocycles. The number of fused-ring (bicyclic) bond motifs is 2. The summed E-state index contributed by atoms with van der Waals surface area (Å²) >= 11 is 0. The number of aliphatic hydroxyl groups is 1. The Kier molecular flexibility index (Phi) is 2.56. The van der Waals surface area contributed by atoms with E-state index in [2.05, 4.69) is 27.2 Å². The summed E-state index contributed by atoms with van der Waals surface area (Å²) in [6.07, 6.45) is 4.46. The van der Waals surface area contributed by atoms with E-state index in [4.69, 9.17) is 0 Å². The molecule has 0 unspecified atom stereocenters. The fourth-order valence-electron chi connectivity index (χ4n) is 2.86. The van der Waals surface area contributed by atoms with Gasteiger partial charge in [0.15, 0.2) is 0 Å². The van der Waals surface area contributed by atoms with Gasteiger partial charge in [-0.05, 0) is 11.8 Å². The van der Waals surface area contributed by atoms with Crippen molar-refractivity contribution in [1.82, 2.24) is 0 Å². The van der Waals surface area contributed by atoms with Crippen LogP contribution in [0.2, 0.25) is 0 Å². The molecule has 1 nitrogen and oxygen atoms in total. The quantitative estimate of drug-likeness (QED) is 0.524. The zero-order valence-electron chi connectivity index (χ0n) is 7.89. The van der Waals surface area contributed by atoms with Gasteiger partial charge in [0, 0.05) is 0 Å². The standard InChI is InChI=1S/C10H17O.Au/c1-9(2)7-4-5-10(9,3)8(11)6-7;/h6-8,11H,4-5H2,1-3H3;/q-1;+1/t7-,8+,10-;/m1./s1. The van der Waals surface area contributed by atoms with Crippen LogP contribution in [0.1, 0.15) is 33.6 Å². The third-order valence-electron chi connectivity index (χ3n) is 4.44. The third kappa shape index (κ3) is 1.00. The van der Waals surface area contributed by atoms with Crippen molar-refractivity contribution in [3.05, 3.63) is 6.42 Å². The van der Waals surface area contributed by atoms with Crippen molar-refractivity contribution >= 4 is 0 Å². The molecule has 2 aliphatic carbocycles. The summed E-state index contributed by atoms with van der Waals surface area (Å²) in [5.41, 5.74) is 0.490. The summed E-state index contributed by atoms with van der Waals surface area (Å²) in [5, 5.41) is 9.76. The first-order valence-corrected chi connectivity index (χ1v) is 4.51. The Hall–Kier alpha value is 0.700. The van der Waals surface area contributed by atoms with E-state index in [1.54, 1.807) is 0 Å². The van der Waals surface area contributed by atoms with Crippen LogP contribution in [0.15, 0.2) is 0 Å². The fourth-order valence-corrected chi connectivity index (χ4v) is 2.86. The molecule has 2 saturated carbocycles. The van der Waals surface area contributed by atoms with Gasteiger partial charge in [-0.25, -0.2) is 0 Å². The van der Waals surface area contributed by atoms with Crippen LogP contribution in [0, 0.1) is 23.2 Å². The molecule has 0 radical (unpaired) electrons. The smallest absolute Gasteiger partial charge is 0.424 e. The van der Waals surface area contributed by atoms with E-state index in [0.29, 0.717) is 11.3 Å². The first kappa shape index (κ1) is 10.8. The van der Waals surface area contributed by atoms with Crippen molar-refractivity contribution in [2.45, 2.75) is 39.7 Å².